The lowest BCUT2D eigenvalue weighted by Gasteiger charge is -2.70. The molecule has 0 aromatic heterocycles. The van der Waals surface area contributed by atoms with Crippen molar-refractivity contribution in [3.8, 4) is 0 Å². The van der Waals surface area contributed by atoms with Crippen LogP contribution in [0.15, 0.2) is 24.3 Å². The van der Waals surface area contributed by atoms with Gasteiger partial charge in [0, 0.05) is 76.7 Å². The number of anilines is 1. The number of hydrogen-bond acceptors (Lipinski definition) is 11. The second-order valence-corrected chi connectivity index (χ2v) is 14.9. The first-order chi connectivity index (χ1) is 22.4. The molecule has 13 atom stereocenters. The van der Waals surface area contributed by atoms with Gasteiger partial charge in [0.15, 0.2) is 0 Å². The van der Waals surface area contributed by atoms with Crippen molar-refractivity contribution < 1.29 is 48.3 Å². The zero-order chi connectivity index (χ0) is 33.7. The molecule has 0 radical (unpaired) electrons. The Balaban J connectivity index is 1.37. The van der Waals surface area contributed by atoms with E-state index in [0.29, 0.717) is 38.0 Å². The zero-order valence-corrected chi connectivity index (χ0v) is 28.1. The van der Waals surface area contributed by atoms with Crippen molar-refractivity contribution in [3.05, 3.63) is 29.8 Å². The highest BCUT2D eigenvalue weighted by Gasteiger charge is 2.92. The summed E-state index contributed by atoms with van der Waals surface area (Å²) in [4.78, 5) is 40.4. The number of piperidine rings is 1. The fraction of sp³-hybridized carbons (Fsp3) is 0.743. The first-order valence-corrected chi connectivity index (χ1v) is 16.9. The van der Waals surface area contributed by atoms with E-state index in [4.69, 9.17) is 23.7 Å². The number of nitrogens with zero attached hydrogens (tertiary/aromatic N) is 1. The van der Waals surface area contributed by atoms with Crippen LogP contribution in [0.2, 0.25) is 0 Å². The molecular formula is C35H48N2O10. The molecule has 3 N–H and O–H groups in total. The Kier molecular flexibility index (Phi) is 7.85. The van der Waals surface area contributed by atoms with Gasteiger partial charge in [-0.05, 0) is 43.9 Å². The number of carbonyl (C=O) groups excluding carboxylic acids is 3. The highest BCUT2D eigenvalue weighted by Crippen LogP contribution is 2.80. The van der Waals surface area contributed by atoms with Gasteiger partial charge in [-0.1, -0.05) is 19.1 Å². The van der Waals surface area contributed by atoms with E-state index in [2.05, 4.69) is 10.2 Å². The minimum absolute atomic E-state index is 0.0512. The molecule has 7 bridgehead atoms. The van der Waals surface area contributed by atoms with Crippen LogP contribution in [0.5, 0.6) is 0 Å². The van der Waals surface area contributed by atoms with Gasteiger partial charge < -0.3 is 39.2 Å². The van der Waals surface area contributed by atoms with Gasteiger partial charge in [-0.25, -0.2) is 4.79 Å². The van der Waals surface area contributed by atoms with E-state index in [0.717, 1.165) is 0 Å². The highest BCUT2D eigenvalue weighted by atomic mass is 16.6. The number of fused-ring (bicyclic) bond motifs is 2. The summed E-state index contributed by atoms with van der Waals surface area (Å²) in [5.41, 5.74) is -4.23. The summed E-state index contributed by atoms with van der Waals surface area (Å²) in [5, 5.41) is 29.3. The molecule has 12 nitrogen and oxygen atoms in total. The van der Waals surface area contributed by atoms with Crippen molar-refractivity contribution in [1.82, 2.24) is 4.90 Å². The number of benzene rings is 1. The van der Waals surface area contributed by atoms with Crippen LogP contribution < -0.4 is 5.32 Å². The van der Waals surface area contributed by atoms with Gasteiger partial charge in [-0.15, -0.1) is 0 Å². The topological polar surface area (TPSA) is 153 Å². The minimum atomic E-state index is -1.78. The number of ether oxygens (including phenoxy) is 5. The van der Waals surface area contributed by atoms with Gasteiger partial charge in [0.2, 0.25) is 5.91 Å². The summed E-state index contributed by atoms with van der Waals surface area (Å²) < 4.78 is 31.0. The van der Waals surface area contributed by atoms with E-state index >= 15 is 0 Å². The maximum absolute atomic E-state index is 13.7. The van der Waals surface area contributed by atoms with Crippen LogP contribution in [-0.2, 0) is 33.3 Å². The number of amides is 1. The molecule has 1 heterocycles. The molecule has 1 aromatic carbocycles. The molecular weight excluding hydrogens is 608 g/mol. The Morgan fingerprint density at radius 1 is 1.06 bits per heavy atom. The number of methoxy groups -OCH3 is 3. The number of nitrogens with one attached hydrogen (secondary N) is 1. The number of likely N-dealkylation sites (N-methyl/N-ethyl adjacent to an activating group) is 1. The van der Waals surface area contributed by atoms with E-state index in [9.17, 15) is 24.6 Å². The zero-order valence-electron chi connectivity index (χ0n) is 28.1. The van der Waals surface area contributed by atoms with Crippen molar-refractivity contribution in [2.75, 3.05) is 46.3 Å². The summed E-state index contributed by atoms with van der Waals surface area (Å²) in [7, 11) is 4.89. The van der Waals surface area contributed by atoms with E-state index < -0.39 is 64.2 Å². The van der Waals surface area contributed by atoms with E-state index in [1.54, 1.807) is 45.6 Å². The Morgan fingerprint density at radius 3 is 2.45 bits per heavy atom. The largest absolute Gasteiger partial charge is 0.462 e. The average molecular weight is 657 g/mol. The van der Waals surface area contributed by atoms with Gasteiger partial charge in [0.1, 0.15) is 17.3 Å². The van der Waals surface area contributed by atoms with Crippen molar-refractivity contribution >= 4 is 23.5 Å². The van der Waals surface area contributed by atoms with E-state index in [1.165, 1.54) is 13.8 Å². The molecule has 1 aliphatic heterocycles. The standard InChI is InChI=1S/C35H48N2O10/c1-7-37-16-32(17-46-30(40)20-10-8-9-11-23(20)36-18(2)38)13-12-25(44-5)34-22-14-21-24(43-4)15-33(41,26(22)27(21)47-19(3)39)35(42,31(34)37)29(45-6)28(32)34/h8-11,21-22,24-29,31,41-42H,7,12-17H2,1-6H3,(H,36,38)/t21-,22-,24+,25+,26-,27+,28-,29+,31?,32+,33-,34+,35-/m1/s1. The maximum atomic E-state index is 13.7. The van der Waals surface area contributed by atoms with Crippen LogP contribution in [0.25, 0.3) is 0 Å². The van der Waals surface area contributed by atoms with Crippen molar-refractivity contribution in [1.29, 1.82) is 0 Å². The first-order valence-electron chi connectivity index (χ1n) is 16.9. The van der Waals surface area contributed by atoms with Gasteiger partial charge >= 0.3 is 11.9 Å². The summed E-state index contributed by atoms with van der Waals surface area (Å²) in [6.07, 6.45) is -0.104. The van der Waals surface area contributed by atoms with Crippen LogP contribution in [0.4, 0.5) is 5.69 Å². The number of para-hydroxylation sites is 1. The number of hydrogen-bond donors (Lipinski definition) is 3. The van der Waals surface area contributed by atoms with Gasteiger partial charge in [-0.2, -0.15) is 0 Å². The second-order valence-electron chi connectivity index (χ2n) is 14.9. The lowest BCUT2D eigenvalue weighted by molar-refractivity contribution is -0.319. The maximum Gasteiger partial charge on any atom is 0.340 e. The summed E-state index contributed by atoms with van der Waals surface area (Å²) in [6.45, 7) is 5.97. The predicted molar refractivity (Wildman–Crippen MR) is 167 cm³/mol. The Bertz CT molecular complexity index is 1460. The lowest BCUT2D eigenvalue weighted by atomic mass is 9.42. The van der Waals surface area contributed by atoms with Gasteiger partial charge in [0.05, 0.1) is 42.2 Å². The number of rotatable bonds is 9. The molecule has 1 unspecified atom stereocenters. The molecule has 6 aliphatic rings. The number of likely N-dealkylation sites (tertiary alicyclic amines) is 1. The van der Waals surface area contributed by atoms with Crippen molar-refractivity contribution in [2.45, 2.75) is 88.1 Å². The summed E-state index contributed by atoms with van der Waals surface area (Å²) in [6, 6.07) is 6.24. The minimum Gasteiger partial charge on any atom is -0.462 e. The van der Waals surface area contributed by atoms with E-state index in [-0.39, 0.29) is 48.4 Å². The molecule has 47 heavy (non-hydrogen) atoms. The SMILES string of the molecule is CCN1C[C@]2(COC(=O)c3ccccc3NC(C)=O)CC[C@H](OC)[C@]34C1[C@](O)([C@@H](OC)[C@H]23)[C@@]1(O)C[C@H](OC)[C@H]2C[C@@H]4[C@@H]1[C@H]2OC(C)=O. The quantitative estimate of drug-likeness (QED) is 0.335. The fourth-order valence-electron chi connectivity index (χ4n) is 12.3. The Morgan fingerprint density at radius 2 is 1.81 bits per heavy atom. The Hall–Kier alpha value is -2.61. The third-order valence-corrected chi connectivity index (χ3v) is 13.3. The summed E-state index contributed by atoms with van der Waals surface area (Å²) in [5.74, 6) is -2.57. The molecule has 1 amide bonds. The van der Waals surface area contributed by atoms with Gasteiger partial charge in [0.25, 0.3) is 0 Å². The molecule has 1 saturated heterocycles. The van der Waals surface area contributed by atoms with Crippen molar-refractivity contribution in [2.24, 2.45) is 34.5 Å². The smallest absolute Gasteiger partial charge is 0.340 e. The van der Waals surface area contributed by atoms with Crippen LogP contribution in [0.1, 0.15) is 56.8 Å². The highest BCUT2D eigenvalue weighted by molar-refractivity contribution is 6.00. The monoisotopic (exact) mass is 656 g/mol. The van der Waals surface area contributed by atoms with Crippen LogP contribution >= 0.6 is 0 Å². The third kappa shape index (κ3) is 4.06. The number of esters is 2. The average Bonchev–Trinajstić information content (AvgIpc) is 3.42. The van der Waals surface area contributed by atoms with E-state index in [1.807, 2.05) is 6.92 Å². The second kappa shape index (κ2) is 11.2. The fourth-order valence-corrected chi connectivity index (χ4v) is 12.3. The third-order valence-electron chi connectivity index (χ3n) is 13.3. The molecule has 7 rings (SSSR count). The molecule has 5 aliphatic carbocycles. The van der Waals surface area contributed by atoms with Crippen LogP contribution in [-0.4, -0.2) is 116 Å². The molecule has 258 valence electrons. The molecule has 6 fully saturated rings. The molecule has 1 spiro atoms. The van der Waals surface area contributed by atoms with Gasteiger partial charge in [-0.3, -0.25) is 14.5 Å². The Labute approximate surface area is 275 Å². The number of carbonyl (C=O) groups is 3. The summed E-state index contributed by atoms with van der Waals surface area (Å²) >= 11 is 0. The predicted octanol–water partition coefficient (Wildman–Crippen LogP) is 2.01. The molecule has 1 aromatic rings. The van der Waals surface area contributed by atoms with Crippen LogP contribution in [0.3, 0.4) is 0 Å². The molecule has 12 heteroatoms. The first kappa shape index (κ1) is 32.9. The van der Waals surface area contributed by atoms with Crippen molar-refractivity contribution in [3.63, 3.8) is 0 Å². The number of aliphatic hydroxyl groups is 2. The molecule has 5 saturated carbocycles. The normalized spacial score (nSPS) is 45.7. The lowest BCUT2D eigenvalue weighted by Crippen LogP contribution is -2.82. The van der Waals surface area contributed by atoms with Crippen LogP contribution in [0, 0.1) is 34.5 Å².